The van der Waals surface area contributed by atoms with E-state index in [1.165, 1.54) is 12.1 Å². The molecular weight excluding hydrogens is 287 g/mol. The van der Waals surface area contributed by atoms with Crippen molar-refractivity contribution in [2.24, 2.45) is 0 Å². The molecule has 4 heteroatoms. The van der Waals surface area contributed by atoms with Gasteiger partial charge >= 0.3 is 5.97 Å². The molecule has 0 bridgehead atoms. The van der Waals surface area contributed by atoms with Crippen molar-refractivity contribution in [3.05, 3.63) is 58.3 Å². The second kappa shape index (κ2) is 4.67. The summed E-state index contributed by atoms with van der Waals surface area (Å²) in [7, 11) is 0. The molecule has 2 rings (SSSR count). The highest BCUT2D eigenvalue weighted by molar-refractivity contribution is 9.10. The zero-order chi connectivity index (χ0) is 12.4. The smallest absolute Gasteiger partial charge is 0.336 e. The van der Waals surface area contributed by atoms with Gasteiger partial charge < -0.3 is 5.11 Å². The quantitative estimate of drug-likeness (QED) is 0.910. The van der Waals surface area contributed by atoms with E-state index in [0.29, 0.717) is 10.0 Å². The standard InChI is InChI=1S/C13H8BrFO2/c14-8-5-6-10(12(15)7-8)9-3-1-2-4-11(9)13(16)17/h1-7H,(H,16,17). The molecule has 2 aromatic rings. The lowest BCUT2D eigenvalue weighted by Crippen LogP contribution is -2.00. The molecule has 0 aliphatic rings. The number of aromatic carboxylic acids is 1. The topological polar surface area (TPSA) is 37.3 Å². The molecule has 0 spiro atoms. The largest absolute Gasteiger partial charge is 0.478 e. The first-order valence-corrected chi connectivity index (χ1v) is 5.66. The van der Waals surface area contributed by atoms with Gasteiger partial charge in [-0.1, -0.05) is 40.2 Å². The van der Waals surface area contributed by atoms with Crippen molar-refractivity contribution in [1.29, 1.82) is 0 Å². The molecule has 17 heavy (non-hydrogen) atoms. The molecule has 0 saturated carbocycles. The minimum absolute atomic E-state index is 0.0914. The van der Waals surface area contributed by atoms with E-state index in [0.717, 1.165) is 0 Å². The number of carbonyl (C=O) groups is 1. The Labute approximate surface area is 106 Å². The predicted octanol–water partition coefficient (Wildman–Crippen LogP) is 3.95. The summed E-state index contributed by atoms with van der Waals surface area (Å²) in [6.07, 6.45) is 0. The first kappa shape index (κ1) is 11.8. The molecular formula is C13H8BrFO2. The van der Waals surface area contributed by atoms with E-state index in [2.05, 4.69) is 15.9 Å². The molecule has 0 heterocycles. The Balaban J connectivity index is 2.64. The fraction of sp³-hybridized carbons (Fsp3) is 0. The molecule has 0 aliphatic heterocycles. The molecule has 1 N–H and O–H groups in total. The third kappa shape index (κ3) is 2.36. The van der Waals surface area contributed by atoms with Crippen molar-refractivity contribution >= 4 is 21.9 Å². The van der Waals surface area contributed by atoms with Crippen LogP contribution in [0.1, 0.15) is 10.4 Å². The summed E-state index contributed by atoms with van der Waals surface area (Å²) in [5.74, 6) is -1.52. The zero-order valence-corrected chi connectivity index (χ0v) is 10.2. The summed E-state index contributed by atoms with van der Waals surface area (Å²) >= 11 is 3.16. The van der Waals surface area contributed by atoms with Crippen LogP contribution < -0.4 is 0 Å². The molecule has 0 atom stereocenters. The lowest BCUT2D eigenvalue weighted by atomic mass is 9.99. The van der Waals surface area contributed by atoms with Crippen LogP contribution >= 0.6 is 15.9 Å². The second-order valence-corrected chi connectivity index (χ2v) is 4.39. The minimum Gasteiger partial charge on any atom is -0.478 e. The third-order valence-electron chi connectivity index (χ3n) is 2.38. The molecule has 0 amide bonds. The van der Waals surface area contributed by atoms with E-state index in [1.807, 2.05) is 0 Å². The third-order valence-corrected chi connectivity index (χ3v) is 2.87. The van der Waals surface area contributed by atoms with Gasteiger partial charge in [-0.2, -0.15) is 0 Å². The van der Waals surface area contributed by atoms with E-state index < -0.39 is 11.8 Å². The van der Waals surface area contributed by atoms with Crippen LogP contribution in [0.25, 0.3) is 11.1 Å². The van der Waals surface area contributed by atoms with Gasteiger partial charge in [-0.15, -0.1) is 0 Å². The number of hydrogen-bond acceptors (Lipinski definition) is 1. The minimum atomic E-state index is -1.07. The molecule has 0 aromatic heterocycles. The lowest BCUT2D eigenvalue weighted by Gasteiger charge is -2.07. The summed E-state index contributed by atoms with van der Waals surface area (Å²) in [6, 6.07) is 10.9. The molecule has 0 unspecified atom stereocenters. The van der Waals surface area contributed by atoms with Gasteiger partial charge in [-0.3, -0.25) is 0 Å². The molecule has 0 aliphatic carbocycles. The van der Waals surface area contributed by atoms with Gasteiger partial charge in [0, 0.05) is 10.0 Å². The van der Waals surface area contributed by atoms with Crippen molar-refractivity contribution in [3.8, 4) is 11.1 Å². The average Bonchev–Trinajstić information content (AvgIpc) is 2.29. The Bertz CT molecular complexity index is 581. The van der Waals surface area contributed by atoms with Crippen LogP contribution in [0.2, 0.25) is 0 Å². The molecule has 2 nitrogen and oxygen atoms in total. The normalized spacial score (nSPS) is 10.2. The second-order valence-electron chi connectivity index (χ2n) is 3.47. The number of hydrogen-bond donors (Lipinski definition) is 1. The van der Waals surface area contributed by atoms with Crippen LogP contribution in [0.3, 0.4) is 0 Å². The number of benzene rings is 2. The van der Waals surface area contributed by atoms with Crippen LogP contribution in [0.15, 0.2) is 46.9 Å². The molecule has 0 fully saturated rings. The van der Waals surface area contributed by atoms with Crippen LogP contribution in [-0.4, -0.2) is 11.1 Å². The Kier molecular flexibility index (Phi) is 3.24. The number of halogens is 2. The van der Waals surface area contributed by atoms with Crippen LogP contribution in [0, 0.1) is 5.82 Å². The van der Waals surface area contributed by atoms with Crippen molar-refractivity contribution in [2.45, 2.75) is 0 Å². The highest BCUT2D eigenvalue weighted by Crippen LogP contribution is 2.28. The van der Waals surface area contributed by atoms with Crippen molar-refractivity contribution in [1.82, 2.24) is 0 Å². The maximum Gasteiger partial charge on any atom is 0.336 e. The van der Waals surface area contributed by atoms with E-state index in [-0.39, 0.29) is 11.1 Å². The summed E-state index contributed by atoms with van der Waals surface area (Å²) < 4.78 is 14.4. The Hall–Kier alpha value is -1.68. The summed E-state index contributed by atoms with van der Waals surface area (Å²) in [5.41, 5.74) is 0.755. The molecule has 0 saturated heterocycles. The van der Waals surface area contributed by atoms with E-state index >= 15 is 0 Å². The van der Waals surface area contributed by atoms with Gasteiger partial charge in [0.05, 0.1) is 5.56 Å². The van der Waals surface area contributed by atoms with Crippen LogP contribution in [0.5, 0.6) is 0 Å². The van der Waals surface area contributed by atoms with Crippen molar-refractivity contribution in [2.75, 3.05) is 0 Å². The van der Waals surface area contributed by atoms with Gasteiger partial charge in [0.15, 0.2) is 0 Å². The Morgan fingerprint density at radius 1 is 1.12 bits per heavy atom. The first-order chi connectivity index (χ1) is 8.09. The van der Waals surface area contributed by atoms with E-state index in [9.17, 15) is 9.18 Å². The number of carboxylic acids is 1. The highest BCUT2D eigenvalue weighted by atomic mass is 79.9. The maximum absolute atomic E-state index is 13.8. The van der Waals surface area contributed by atoms with Crippen molar-refractivity contribution in [3.63, 3.8) is 0 Å². The predicted molar refractivity (Wildman–Crippen MR) is 66.5 cm³/mol. The fourth-order valence-corrected chi connectivity index (χ4v) is 1.95. The van der Waals surface area contributed by atoms with Gasteiger partial charge in [-0.25, -0.2) is 9.18 Å². The fourth-order valence-electron chi connectivity index (χ4n) is 1.61. The monoisotopic (exact) mass is 294 g/mol. The van der Waals surface area contributed by atoms with E-state index in [4.69, 9.17) is 5.11 Å². The van der Waals surface area contributed by atoms with Gasteiger partial charge in [-0.05, 0) is 23.8 Å². The number of carboxylic acid groups (broad SMARTS) is 1. The van der Waals surface area contributed by atoms with Crippen molar-refractivity contribution < 1.29 is 14.3 Å². The van der Waals surface area contributed by atoms with Crippen LogP contribution in [0.4, 0.5) is 4.39 Å². The summed E-state index contributed by atoms with van der Waals surface area (Å²) in [5, 5.41) is 9.04. The first-order valence-electron chi connectivity index (χ1n) is 4.87. The lowest BCUT2D eigenvalue weighted by molar-refractivity contribution is 0.0697. The molecule has 86 valence electrons. The average molecular weight is 295 g/mol. The number of rotatable bonds is 2. The molecule has 2 aromatic carbocycles. The van der Waals surface area contributed by atoms with E-state index in [1.54, 1.807) is 30.3 Å². The van der Waals surface area contributed by atoms with Gasteiger partial charge in [0.25, 0.3) is 0 Å². The van der Waals surface area contributed by atoms with Gasteiger partial charge in [0.1, 0.15) is 5.82 Å². The summed E-state index contributed by atoms with van der Waals surface area (Å²) in [4.78, 5) is 11.0. The van der Waals surface area contributed by atoms with Gasteiger partial charge in [0.2, 0.25) is 0 Å². The highest BCUT2D eigenvalue weighted by Gasteiger charge is 2.13. The molecule has 0 radical (unpaired) electrons. The Morgan fingerprint density at radius 2 is 1.82 bits per heavy atom. The summed E-state index contributed by atoms with van der Waals surface area (Å²) in [6.45, 7) is 0. The SMILES string of the molecule is O=C(O)c1ccccc1-c1ccc(Br)cc1F. The zero-order valence-electron chi connectivity index (χ0n) is 8.65. The van der Waals surface area contributed by atoms with Crippen LogP contribution in [-0.2, 0) is 0 Å². The maximum atomic E-state index is 13.8. The Morgan fingerprint density at radius 3 is 2.47 bits per heavy atom.